The van der Waals surface area contributed by atoms with Crippen molar-refractivity contribution < 1.29 is 9.53 Å². The molecule has 0 saturated carbocycles. The molecule has 0 amide bonds. The lowest BCUT2D eigenvalue weighted by molar-refractivity contribution is -0.144. The van der Waals surface area contributed by atoms with Crippen LogP contribution in [0.25, 0.3) is 0 Å². The Morgan fingerprint density at radius 2 is 2.08 bits per heavy atom. The number of carbonyl (C=O) groups excluding carboxylic acids is 1. The van der Waals surface area contributed by atoms with Crippen molar-refractivity contribution >= 4 is 5.97 Å². The Kier molecular flexibility index (Phi) is 3.09. The van der Waals surface area contributed by atoms with Crippen LogP contribution in [0.15, 0.2) is 0 Å². The molecule has 70 valence electrons. The summed E-state index contributed by atoms with van der Waals surface area (Å²) in [7, 11) is 0. The fourth-order valence-electron chi connectivity index (χ4n) is 1.70. The first-order chi connectivity index (χ1) is 5.69. The van der Waals surface area contributed by atoms with Gasteiger partial charge in [0.25, 0.3) is 0 Å². The van der Waals surface area contributed by atoms with E-state index in [9.17, 15) is 4.79 Å². The highest BCUT2D eigenvalue weighted by molar-refractivity contribution is 5.77. The zero-order valence-electron chi connectivity index (χ0n) is 8.04. The lowest BCUT2D eigenvalue weighted by Crippen LogP contribution is -2.38. The Morgan fingerprint density at radius 1 is 1.50 bits per heavy atom. The van der Waals surface area contributed by atoms with Crippen molar-refractivity contribution in [3.05, 3.63) is 0 Å². The van der Waals surface area contributed by atoms with E-state index >= 15 is 0 Å². The molecule has 1 fully saturated rings. The average molecular weight is 171 g/mol. The summed E-state index contributed by atoms with van der Waals surface area (Å²) in [6.45, 7) is 7.92. The summed E-state index contributed by atoms with van der Waals surface area (Å²) in [5, 5.41) is 0. The van der Waals surface area contributed by atoms with Crippen molar-refractivity contribution in [2.24, 2.45) is 0 Å². The number of esters is 1. The molecule has 0 bridgehead atoms. The third-order valence-electron chi connectivity index (χ3n) is 2.40. The first kappa shape index (κ1) is 9.52. The Hall–Kier alpha value is -0.570. The van der Waals surface area contributed by atoms with E-state index in [1.54, 1.807) is 0 Å². The van der Waals surface area contributed by atoms with Gasteiger partial charge in [-0.1, -0.05) is 13.8 Å². The van der Waals surface area contributed by atoms with Crippen LogP contribution in [-0.4, -0.2) is 36.1 Å². The Balaban J connectivity index is 2.56. The van der Waals surface area contributed by atoms with E-state index in [1.165, 1.54) is 0 Å². The van der Waals surface area contributed by atoms with Gasteiger partial charge in [0.05, 0.1) is 0 Å². The normalized spacial score (nSPS) is 29.5. The fourth-order valence-corrected chi connectivity index (χ4v) is 1.70. The van der Waals surface area contributed by atoms with Crippen molar-refractivity contribution in [2.45, 2.75) is 39.3 Å². The predicted octanol–water partition coefficient (Wildman–Crippen LogP) is 1.03. The maximum Gasteiger partial charge on any atom is 0.323 e. The Morgan fingerprint density at radius 3 is 2.42 bits per heavy atom. The van der Waals surface area contributed by atoms with Gasteiger partial charge in [0.2, 0.25) is 0 Å². The van der Waals surface area contributed by atoms with Crippen LogP contribution in [0, 0.1) is 0 Å². The minimum absolute atomic E-state index is 0.00926. The van der Waals surface area contributed by atoms with Gasteiger partial charge in [-0.2, -0.15) is 0 Å². The van der Waals surface area contributed by atoms with E-state index in [1.807, 2.05) is 6.92 Å². The van der Waals surface area contributed by atoms with Gasteiger partial charge in [-0.25, -0.2) is 0 Å². The second-order valence-electron chi connectivity index (χ2n) is 3.22. The number of hydrogen-bond acceptors (Lipinski definition) is 3. The minimum Gasteiger partial charge on any atom is -0.461 e. The third-order valence-corrected chi connectivity index (χ3v) is 2.40. The molecule has 0 aromatic heterocycles. The van der Waals surface area contributed by atoms with Crippen LogP contribution in [0.3, 0.4) is 0 Å². The number of rotatable bonds is 3. The number of nitrogens with zero attached hydrogens (tertiary/aromatic N) is 1. The summed E-state index contributed by atoms with van der Waals surface area (Å²) in [6.07, 6.45) is 0.948. The summed E-state index contributed by atoms with van der Waals surface area (Å²) in [5.74, 6) is -0.0498. The largest absolute Gasteiger partial charge is 0.461 e. The van der Waals surface area contributed by atoms with Crippen LogP contribution < -0.4 is 0 Å². The van der Waals surface area contributed by atoms with Crippen LogP contribution in [-0.2, 0) is 9.53 Å². The molecule has 3 heteroatoms. The number of hydrogen-bond donors (Lipinski definition) is 0. The highest BCUT2D eigenvalue weighted by Crippen LogP contribution is 2.19. The standard InChI is InChI=1S/C9H17NO2/c1-4-10(5-2)8-6-7(3)12-9(8)11/h7-8H,4-6H2,1-3H3. The molecule has 0 spiro atoms. The highest BCUT2D eigenvalue weighted by Gasteiger charge is 2.34. The first-order valence-electron chi connectivity index (χ1n) is 4.63. The molecule has 1 saturated heterocycles. The summed E-state index contributed by atoms with van der Waals surface area (Å²) in [5.41, 5.74) is 0. The molecule has 1 rings (SSSR count). The maximum atomic E-state index is 11.3. The van der Waals surface area contributed by atoms with E-state index in [0.29, 0.717) is 0 Å². The maximum absolute atomic E-state index is 11.3. The van der Waals surface area contributed by atoms with Gasteiger partial charge in [0, 0.05) is 6.42 Å². The zero-order chi connectivity index (χ0) is 9.14. The van der Waals surface area contributed by atoms with Crippen molar-refractivity contribution in [3.8, 4) is 0 Å². The summed E-state index contributed by atoms with van der Waals surface area (Å²) in [6, 6.07) is 0.00926. The first-order valence-corrected chi connectivity index (χ1v) is 4.63. The molecular formula is C9H17NO2. The van der Waals surface area contributed by atoms with Gasteiger partial charge in [-0.05, 0) is 20.0 Å². The molecule has 2 unspecified atom stereocenters. The number of likely N-dealkylation sites (N-methyl/N-ethyl adjacent to an activating group) is 1. The van der Waals surface area contributed by atoms with E-state index in [4.69, 9.17) is 4.74 Å². The van der Waals surface area contributed by atoms with Gasteiger partial charge in [0.15, 0.2) is 0 Å². The van der Waals surface area contributed by atoms with Gasteiger partial charge < -0.3 is 4.74 Å². The quantitative estimate of drug-likeness (QED) is 0.594. The van der Waals surface area contributed by atoms with Gasteiger partial charge in [-0.15, -0.1) is 0 Å². The highest BCUT2D eigenvalue weighted by atomic mass is 16.6. The molecule has 0 aromatic carbocycles. The van der Waals surface area contributed by atoms with Crippen molar-refractivity contribution in [1.29, 1.82) is 0 Å². The lowest BCUT2D eigenvalue weighted by atomic mass is 10.1. The zero-order valence-corrected chi connectivity index (χ0v) is 8.04. The van der Waals surface area contributed by atoms with Crippen molar-refractivity contribution in [3.63, 3.8) is 0 Å². The molecule has 0 radical (unpaired) electrons. The average Bonchev–Trinajstić information content (AvgIpc) is 2.34. The molecule has 0 aromatic rings. The fraction of sp³-hybridized carbons (Fsp3) is 0.889. The van der Waals surface area contributed by atoms with E-state index in [-0.39, 0.29) is 18.1 Å². The molecule has 3 nitrogen and oxygen atoms in total. The van der Waals surface area contributed by atoms with Crippen molar-refractivity contribution in [1.82, 2.24) is 4.90 Å². The van der Waals surface area contributed by atoms with Gasteiger partial charge >= 0.3 is 5.97 Å². The van der Waals surface area contributed by atoms with Crippen LogP contribution in [0.4, 0.5) is 0 Å². The Labute approximate surface area is 73.7 Å². The number of ether oxygens (including phenoxy) is 1. The van der Waals surface area contributed by atoms with Crippen LogP contribution in [0.1, 0.15) is 27.2 Å². The molecule has 0 N–H and O–H groups in total. The van der Waals surface area contributed by atoms with E-state index in [0.717, 1.165) is 19.5 Å². The van der Waals surface area contributed by atoms with Crippen LogP contribution in [0.5, 0.6) is 0 Å². The summed E-state index contributed by atoms with van der Waals surface area (Å²) >= 11 is 0. The molecule has 0 aliphatic carbocycles. The number of carbonyl (C=O) groups is 1. The molecule has 2 atom stereocenters. The Bertz CT molecular complexity index is 166. The van der Waals surface area contributed by atoms with Gasteiger partial charge in [-0.3, -0.25) is 9.69 Å². The van der Waals surface area contributed by atoms with E-state index in [2.05, 4.69) is 18.7 Å². The number of cyclic esters (lactones) is 1. The topological polar surface area (TPSA) is 29.5 Å². The second kappa shape index (κ2) is 3.90. The third kappa shape index (κ3) is 1.78. The predicted molar refractivity (Wildman–Crippen MR) is 46.9 cm³/mol. The summed E-state index contributed by atoms with van der Waals surface area (Å²) < 4.78 is 5.08. The lowest BCUT2D eigenvalue weighted by Gasteiger charge is -2.22. The van der Waals surface area contributed by atoms with Crippen LogP contribution in [0.2, 0.25) is 0 Å². The molecule has 1 aliphatic rings. The smallest absolute Gasteiger partial charge is 0.323 e. The van der Waals surface area contributed by atoms with E-state index < -0.39 is 0 Å². The molecule has 1 heterocycles. The SMILES string of the molecule is CCN(CC)C1CC(C)OC1=O. The van der Waals surface area contributed by atoms with Crippen molar-refractivity contribution in [2.75, 3.05) is 13.1 Å². The van der Waals surface area contributed by atoms with Gasteiger partial charge in [0.1, 0.15) is 12.1 Å². The minimum atomic E-state index is -0.0498. The summed E-state index contributed by atoms with van der Waals surface area (Å²) in [4.78, 5) is 13.4. The molecular weight excluding hydrogens is 154 g/mol. The second-order valence-corrected chi connectivity index (χ2v) is 3.22. The molecule has 1 aliphatic heterocycles. The van der Waals surface area contributed by atoms with Crippen LogP contribution >= 0.6 is 0 Å². The monoisotopic (exact) mass is 171 g/mol. The molecule has 12 heavy (non-hydrogen) atoms.